The average Bonchev–Trinajstić information content (AvgIpc) is 2.38. The van der Waals surface area contributed by atoms with Crippen LogP contribution >= 0.6 is 11.8 Å². The van der Waals surface area contributed by atoms with Crippen molar-refractivity contribution in [1.29, 1.82) is 5.26 Å². The standard InChI is InChI=1S/C13H18N4OS/c1-9-10(2)15-16-13(11(9)8-14)19-7-5-6-12(18)17(3)4/h5-7H2,1-4H3. The smallest absolute Gasteiger partial charge is 0.222 e. The van der Waals surface area contributed by atoms with Crippen molar-refractivity contribution in [2.24, 2.45) is 0 Å². The van der Waals surface area contributed by atoms with E-state index in [-0.39, 0.29) is 5.91 Å². The molecular formula is C13H18N4OS. The summed E-state index contributed by atoms with van der Waals surface area (Å²) < 4.78 is 0. The Morgan fingerprint density at radius 2 is 2.05 bits per heavy atom. The summed E-state index contributed by atoms with van der Waals surface area (Å²) in [6, 6.07) is 2.17. The van der Waals surface area contributed by atoms with Gasteiger partial charge in [-0.2, -0.15) is 10.4 Å². The van der Waals surface area contributed by atoms with Gasteiger partial charge in [0.15, 0.2) is 0 Å². The molecule has 0 aliphatic rings. The Hall–Kier alpha value is -1.61. The fraction of sp³-hybridized carbons (Fsp3) is 0.538. The van der Waals surface area contributed by atoms with Crippen LogP contribution < -0.4 is 0 Å². The van der Waals surface area contributed by atoms with Crippen molar-refractivity contribution in [3.05, 3.63) is 16.8 Å². The lowest BCUT2D eigenvalue weighted by Crippen LogP contribution is -2.21. The maximum atomic E-state index is 11.4. The molecule has 0 aromatic carbocycles. The predicted molar refractivity (Wildman–Crippen MR) is 74.9 cm³/mol. The highest BCUT2D eigenvalue weighted by molar-refractivity contribution is 7.99. The van der Waals surface area contributed by atoms with Crippen molar-refractivity contribution in [3.63, 3.8) is 0 Å². The summed E-state index contributed by atoms with van der Waals surface area (Å²) in [7, 11) is 3.50. The first-order chi connectivity index (χ1) is 8.97. The third-order valence-electron chi connectivity index (χ3n) is 2.81. The van der Waals surface area contributed by atoms with Gasteiger partial charge in [0.2, 0.25) is 5.91 Å². The third kappa shape index (κ3) is 4.21. The van der Waals surface area contributed by atoms with E-state index in [2.05, 4.69) is 16.3 Å². The number of aryl methyl sites for hydroxylation is 1. The second kappa shape index (κ2) is 7.10. The van der Waals surface area contributed by atoms with Crippen LogP contribution in [0.1, 0.15) is 29.7 Å². The van der Waals surface area contributed by atoms with Gasteiger partial charge in [-0.1, -0.05) is 0 Å². The lowest BCUT2D eigenvalue weighted by Gasteiger charge is -2.10. The number of rotatable bonds is 5. The fourth-order valence-electron chi connectivity index (χ4n) is 1.44. The number of carbonyl (C=O) groups excluding carboxylic acids is 1. The summed E-state index contributed by atoms with van der Waals surface area (Å²) in [6.07, 6.45) is 1.28. The molecule has 0 saturated heterocycles. The molecule has 1 aromatic rings. The first kappa shape index (κ1) is 15.4. The van der Waals surface area contributed by atoms with Gasteiger partial charge in [-0.25, -0.2) is 0 Å². The van der Waals surface area contributed by atoms with Crippen molar-refractivity contribution in [3.8, 4) is 6.07 Å². The van der Waals surface area contributed by atoms with E-state index in [0.29, 0.717) is 17.0 Å². The van der Waals surface area contributed by atoms with Crippen molar-refractivity contribution in [2.45, 2.75) is 31.7 Å². The Labute approximate surface area is 118 Å². The van der Waals surface area contributed by atoms with Crippen LogP contribution in [0, 0.1) is 25.2 Å². The van der Waals surface area contributed by atoms with Crippen molar-refractivity contribution >= 4 is 17.7 Å². The lowest BCUT2D eigenvalue weighted by atomic mass is 10.1. The second-order valence-electron chi connectivity index (χ2n) is 4.44. The quantitative estimate of drug-likeness (QED) is 0.608. The van der Waals surface area contributed by atoms with E-state index in [1.807, 2.05) is 13.8 Å². The number of nitrogens with zero attached hydrogens (tertiary/aromatic N) is 4. The molecule has 0 fully saturated rings. The summed E-state index contributed by atoms with van der Waals surface area (Å²) >= 11 is 1.48. The van der Waals surface area contributed by atoms with E-state index in [0.717, 1.165) is 23.4 Å². The molecule has 102 valence electrons. The van der Waals surface area contributed by atoms with Crippen molar-refractivity contribution < 1.29 is 4.79 Å². The van der Waals surface area contributed by atoms with E-state index in [9.17, 15) is 4.79 Å². The first-order valence-corrected chi connectivity index (χ1v) is 7.02. The number of amides is 1. The molecule has 6 heteroatoms. The Balaban J connectivity index is 2.58. The molecule has 19 heavy (non-hydrogen) atoms. The Bertz CT molecular complexity index is 508. The van der Waals surface area contributed by atoms with Gasteiger partial charge in [0.25, 0.3) is 0 Å². The first-order valence-electron chi connectivity index (χ1n) is 6.04. The molecule has 0 saturated carbocycles. The van der Waals surface area contributed by atoms with Crippen molar-refractivity contribution in [2.75, 3.05) is 19.8 Å². The van der Waals surface area contributed by atoms with Crippen LogP contribution in [-0.2, 0) is 4.79 Å². The highest BCUT2D eigenvalue weighted by atomic mass is 32.2. The van der Waals surface area contributed by atoms with E-state index in [1.54, 1.807) is 19.0 Å². The highest BCUT2D eigenvalue weighted by Crippen LogP contribution is 2.23. The number of hydrogen-bond donors (Lipinski definition) is 0. The van der Waals surface area contributed by atoms with E-state index >= 15 is 0 Å². The number of carbonyl (C=O) groups is 1. The molecule has 0 aliphatic heterocycles. The predicted octanol–water partition coefficient (Wildman–Crippen LogP) is 1.93. The van der Waals surface area contributed by atoms with Gasteiger partial charge in [-0.05, 0) is 25.8 Å². The van der Waals surface area contributed by atoms with Gasteiger partial charge in [0.1, 0.15) is 11.1 Å². The van der Waals surface area contributed by atoms with Crippen LogP contribution in [0.2, 0.25) is 0 Å². The van der Waals surface area contributed by atoms with E-state index in [1.165, 1.54) is 11.8 Å². The number of nitriles is 1. The Morgan fingerprint density at radius 1 is 1.37 bits per heavy atom. The summed E-state index contributed by atoms with van der Waals surface area (Å²) in [4.78, 5) is 13.0. The maximum absolute atomic E-state index is 11.4. The molecule has 1 rings (SSSR count). The summed E-state index contributed by atoms with van der Waals surface area (Å²) in [5.74, 6) is 0.873. The molecule has 0 unspecified atom stereocenters. The fourth-order valence-corrected chi connectivity index (χ4v) is 2.36. The Morgan fingerprint density at radius 3 is 2.63 bits per heavy atom. The minimum absolute atomic E-state index is 0.118. The minimum atomic E-state index is 0.118. The third-order valence-corrected chi connectivity index (χ3v) is 3.86. The summed E-state index contributed by atoms with van der Waals surface area (Å²) in [6.45, 7) is 3.72. The van der Waals surface area contributed by atoms with Gasteiger partial charge in [0.05, 0.1) is 11.3 Å². The van der Waals surface area contributed by atoms with Crippen LogP contribution in [0.4, 0.5) is 0 Å². The van der Waals surface area contributed by atoms with Gasteiger partial charge in [-0.3, -0.25) is 4.79 Å². The van der Waals surface area contributed by atoms with Gasteiger partial charge in [0, 0.05) is 26.3 Å². The molecule has 5 nitrogen and oxygen atoms in total. The molecule has 0 radical (unpaired) electrons. The van der Waals surface area contributed by atoms with Crippen LogP contribution in [0.25, 0.3) is 0 Å². The monoisotopic (exact) mass is 278 g/mol. The zero-order valence-corrected chi connectivity index (χ0v) is 12.5. The van der Waals surface area contributed by atoms with E-state index < -0.39 is 0 Å². The minimum Gasteiger partial charge on any atom is -0.349 e. The summed E-state index contributed by atoms with van der Waals surface area (Å²) in [5.41, 5.74) is 2.25. The second-order valence-corrected chi connectivity index (χ2v) is 5.53. The molecule has 1 amide bonds. The van der Waals surface area contributed by atoms with Crippen LogP contribution in [-0.4, -0.2) is 40.9 Å². The van der Waals surface area contributed by atoms with E-state index in [4.69, 9.17) is 5.26 Å². The molecule has 0 aliphatic carbocycles. The van der Waals surface area contributed by atoms with Gasteiger partial charge in [-0.15, -0.1) is 16.9 Å². The van der Waals surface area contributed by atoms with Crippen LogP contribution in [0.5, 0.6) is 0 Å². The molecule has 0 spiro atoms. The highest BCUT2D eigenvalue weighted by Gasteiger charge is 2.11. The molecule has 1 aromatic heterocycles. The average molecular weight is 278 g/mol. The topological polar surface area (TPSA) is 69.9 Å². The number of thioether (sulfide) groups is 1. The lowest BCUT2D eigenvalue weighted by molar-refractivity contribution is -0.128. The van der Waals surface area contributed by atoms with Crippen LogP contribution in [0.15, 0.2) is 5.03 Å². The maximum Gasteiger partial charge on any atom is 0.222 e. The van der Waals surface area contributed by atoms with Gasteiger partial charge < -0.3 is 4.90 Å². The SMILES string of the molecule is Cc1nnc(SCCCC(=O)N(C)C)c(C#N)c1C. The largest absolute Gasteiger partial charge is 0.349 e. The molecular weight excluding hydrogens is 260 g/mol. The molecule has 0 bridgehead atoms. The van der Waals surface area contributed by atoms with Crippen LogP contribution in [0.3, 0.4) is 0 Å². The Kier molecular flexibility index (Phi) is 5.77. The zero-order chi connectivity index (χ0) is 14.4. The van der Waals surface area contributed by atoms with Crippen molar-refractivity contribution in [1.82, 2.24) is 15.1 Å². The van der Waals surface area contributed by atoms with Gasteiger partial charge >= 0.3 is 0 Å². The molecule has 0 N–H and O–H groups in total. The number of hydrogen-bond acceptors (Lipinski definition) is 5. The molecule has 1 heterocycles. The number of aromatic nitrogens is 2. The molecule has 0 atom stereocenters. The normalized spacial score (nSPS) is 10.1. The zero-order valence-electron chi connectivity index (χ0n) is 11.7. The summed E-state index contributed by atoms with van der Waals surface area (Å²) in [5, 5.41) is 17.9.